The van der Waals surface area contributed by atoms with Crippen LogP contribution in [0.1, 0.15) is 40.5 Å². The van der Waals surface area contributed by atoms with Crippen molar-refractivity contribution < 1.29 is 14.3 Å². The molecule has 0 saturated carbocycles. The quantitative estimate of drug-likeness (QED) is 0.538. The average Bonchev–Trinajstić information content (AvgIpc) is 2.47. The molecule has 20 heavy (non-hydrogen) atoms. The van der Waals surface area contributed by atoms with Gasteiger partial charge in [0.05, 0.1) is 26.4 Å². The Morgan fingerprint density at radius 1 is 1.05 bits per heavy atom. The second-order valence-electron chi connectivity index (χ2n) is 4.40. The largest absolute Gasteiger partial charge is 0.378 e. The van der Waals surface area contributed by atoms with Gasteiger partial charge in [-0.3, -0.25) is 4.79 Å². The van der Waals surface area contributed by atoms with E-state index in [1.807, 2.05) is 20.9 Å². The molecule has 0 spiro atoms. The third-order valence-corrected chi connectivity index (χ3v) is 2.67. The van der Waals surface area contributed by atoms with Crippen LogP contribution in [-0.2, 0) is 14.3 Å². The van der Waals surface area contributed by atoms with Gasteiger partial charge in [-0.2, -0.15) is 0 Å². The molecule has 0 aliphatic rings. The number of carbonyl (C=O) groups is 1. The molecule has 1 amide bonds. The summed E-state index contributed by atoms with van der Waals surface area (Å²) in [6.45, 7) is 12.0. The van der Waals surface area contributed by atoms with E-state index in [4.69, 9.17) is 9.47 Å². The molecule has 2 N–H and O–H groups in total. The first-order chi connectivity index (χ1) is 9.70. The van der Waals surface area contributed by atoms with Gasteiger partial charge in [0.25, 0.3) is 0 Å². The fourth-order valence-corrected chi connectivity index (χ4v) is 1.29. The summed E-state index contributed by atoms with van der Waals surface area (Å²) in [5.74, 6) is 0.560. The number of carbonyl (C=O) groups excluding carboxylic acids is 1. The van der Waals surface area contributed by atoms with E-state index in [-0.39, 0.29) is 5.91 Å². The summed E-state index contributed by atoms with van der Waals surface area (Å²) in [6, 6.07) is 0. The van der Waals surface area contributed by atoms with Gasteiger partial charge in [0.2, 0.25) is 5.91 Å². The molecule has 0 radical (unpaired) electrons. The molecule has 5 heteroatoms. The molecular formula is C15H34N2O3. The van der Waals surface area contributed by atoms with Crippen molar-refractivity contribution in [2.75, 3.05) is 46.6 Å². The van der Waals surface area contributed by atoms with Crippen molar-refractivity contribution in [2.45, 2.75) is 40.5 Å². The predicted octanol–water partition coefficient (Wildman–Crippen LogP) is 1.82. The normalized spacial score (nSPS) is 11.4. The topological polar surface area (TPSA) is 59.6 Å². The molecule has 0 aliphatic heterocycles. The standard InChI is InChI=1S/C13H28N2O3.C2H6/c1-4-12(2)11-13(16)15-6-8-18-10-9-17-7-5-14-3;1-2/h12,14H,4-11H2,1-3H3,(H,15,16);1-2H3. The molecule has 122 valence electrons. The number of hydrogen-bond acceptors (Lipinski definition) is 4. The van der Waals surface area contributed by atoms with E-state index >= 15 is 0 Å². The SMILES string of the molecule is CC.CCC(C)CC(=O)NCCOCCOCCNC. The van der Waals surface area contributed by atoms with Crippen LogP contribution in [-0.4, -0.2) is 52.5 Å². The summed E-state index contributed by atoms with van der Waals surface area (Å²) < 4.78 is 10.6. The van der Waals surface area contributed by atoms with Crippen LogP contribution < -0.4 is 10.6 Å². The van der Waals surface area contributed by atoms with Gasteiger partial charge < -0.3 is 20.1 Å². The summed E-state index contributed by atoms with van der Waals surface area (Å²) in [6.07, 6.45) is 1.64. The van der Waals surface area contributed by atoms with Gasteiger partial charge in [-0.05, 0) is 13.0 Å². The summed E-state index contributed by atoms with van der Waals surface area (Å²) in [5, 5.41) is 5.84. The van der Waals surface area contributed by atoms with Crippen LogP contribution in [0.2, 0.25) is 0 Å². The van der Waals surface area contributed by atoms with E-state index in [1.54, 1.807) is 0 Å². The second kappa shape index (κ2) is 18.4. The minimum atomic E-state index is 0.109. The number of hydrogen-bond donors (Lipinski definition) is 2. The zero-order valence-corrected chi connectivity index (χ0v) is 14.0. The van der Waals surface area contributed by atoms with Crippen LogP contribution in [0.3, 0.4) is 0 Å². The van der Waals surface area contributed by atoms with E-state index in [2.05, 4.69) is 24.5 Å². The lowest BCUT2D eigenvalue weighted by Crippen LogP contribution is -2.28. The monoisotopic (exact) mass is 290 g/mol. The van der Waals surface area contributed by atoms with E-state index < -0.39 is 0 Å². The first-order valence-electron chi connectivity index (χ1n) is 7.77. The van der Waals surface area contributed by atoms with Crippen LogP contribution in [0.5, 0.6) is 0 Å². The zero-order valence-electron chi connectivity index (χ0n) is 14.0. The lowest BCUT2D eigenvalue weighted by molar-refractivity contribution is -0.122. The Labute approximate surface area is 124 Å². The highest BCUT2D eigenvalue weighted by Crippen LogP contribution is 2.04. The number of nitrogens with one attached hydrogen (secondary N) is 2. The van der Waals surface area contributed by atoms with Gasteiger partial charge in [-0.25, -0.2) is 0 Å². The zero-order chi connectivity index (χ0) is 15.6. The van der Waals surface area contributed by atoms with Gasteiger partial charge in [0.1, 0.15) is 0 Å². The Hall–Kier alpha value is -0.650. The molecular weight excluding hydrogens is 256 g/mol. The van der Waals surface area contributed by atoms with Gasteiger partial charge in [-0.15, -0.1) is 0 Å². The fourth-order valence-electron chi connectivity index (χ4n) is 1.29. The molecule has 0 fully saturated rings. The van der Waals surface area contributed by atoms with Crippen LogP contribution in [0.25, 0.3) is 0 Å². The third-order valence-electron chi connectivity index (χ3n) is 2.67. The van der Waals surface area contributed by atoms with Crippen molar-refractivity contribution in [1.29, 1.82) is 0 Å². The molecule has 0 bridgehead atoms. The number of amides is 1. The highest BCUT2D eigenvalue weighted by atomic mass is 16.5. The van der Waals surface area contributed by atoms with E-state index in [9.17, 15) is 4.79 Å². The minimum Gasteiger partial charge on any atom is -0.378 e. The van der Waals surface area contributed by atoms with Gasteiger partial charge in [0, 0.05) is 19.5 Å². The Morgan fingerprint density at radius 2 is 1.60 bits per heavy atom. The molecule has 0 saturated heterocycles. The van der Waals surface area contributed by atoms with Crippen molar-refractivity contribution in [3.63, 3.8) is 0 Å². The van der Waals surface area contributed by atoms with Crippen LogP contribution in [0, 0.1) is 5.92 Å². The number of likely N-dealkylation sites (N-methyl/N-ethyl adjacent to an activating group) is 1. The Morgan fingerprint density at radius 3 is 2.10 bits per heavy atom. The molecule has 0 aromatic carbocycles. The summed E-state index contributed by atoms with van der Waals surface area (Å²) >= 11 is 0. The Kier molecular flexibility index (Phi) is 19.9. The van der Waals surface area contributed by atoms with Crippen molar-refractivity contribution >= 4 is 5.91 Å². The summed E-state index contributed by atoms with van der Waals surface area (Å²) in [7, 11) is 1.89. The summed E-state index contributed by atoms with van der Waals surface area (Å²) in [5.41, 5.74) is 0. The number of rotatable bonds is 12. The molecule has 0 aromatic rings. The molecule has 1 atom stereocenters. The van der Waals surface area contributed by atoms with Crippen LogP contribution in [0.15, 0.2) is 0 Å². The summed E-state index contributed by atoms with van der Waals surface area (Å²) in [4.78, 5) is 11.4. The fraction of sp³-hybridized carbons (Fsp3) is 0.933. The van der Waals surface area contributed by atoms with Gasteiger partial charge >= 0.3 is 0 Å². The highest BCUT2D eigenvalue weighted by Gasteiger charge is 2.05. The van der Waals surface area contributed by atoms with Gasteiger partial charge in [-0.1, -0.05) is 34.1 Å². The Bertz CT molecular complexity index is 202. The predicted molar refractivity (Wildman–Crippen MR) is 84.0 cm³/mol. The first-order valence-corrected chi connectivity index (χ1v) is 7.77. The van der Waals surface area contributed by atoms with Crippen molar-refractivity contribution in [2.24, 2.45) is 5.92 Å². The molecule has 0 rings (SSSR count). The first kappa shape index (κ1) is 21.6. The van der Waals surface area contributed by atoms with E-state index in [0.29, 0.717) is 45.3 Å². The number of ether oxygens (including phenoxy) is 2. The molecule has 0 aliphatic carbocycles. The lowest BCUT2D eigenvalue weighted by Gasteiger charge is -2.09. The van der Waals surface area contributed by atoms with E-state index in [1.165, 1.54) is 0 Å². The maximum Gasteiger partial charge on any atom is 0.220 e. The second-order valence-corrected chi connectivity index (χ2v) is 4.40. The minimum absolute atomic E-state index is 0.109. The Balaban J connectivity index is 0. The molecule has 1 unspecified atom stereocenters. The van der Waals surface area contributed by atoms with Gasteiger partial charge in [0.15, 0.2) is 0 Å². The van der Waals surface area contributed by atoms with Crippen LogP contribution in [0.4, 0.5) is 0 Å². The lowest BCUT2D eigenvalue weighted by atomic mass is 10.1. The smallest absolute Gasteiger partial charge is 0.220 e. The van der Waals surface area contributed by atoms with E-state index in [0.717, 1.165) is 13.0 Å². The average molecular weight is 290 g/mol. The molecule has 0 heterocycles. The molecule has 0 aromatic heterocycles. The highest BCUT2D eigenvalue weighted by molar-refractivity contribution is 5.76. The van der Waals surface area contributed by atoms with Crippen molar-refractivity contribution in [3.8, 4) is 0 Å². The van der Waals surface area contributed by atoms with Crippen LogP contribution >= 0.6 is 0 Å². The maximum atomic E-state index is 11.4. The van der Waals surface area contributed by atoms with Crippen molar-refractivity contribution in [3.05, 3.63) is 0 Å². The molecule has 5 nitrogen and oxygen atoms in total. The maximum absolute atomic E-state index is 11.4. The third kappa shape index (κ3) is 17.4. The van der Waals surface area contributed by atoms with Crippen molar-refractivity contribution in [1.82, 2.24) is 10.6 Å².